The molecule has 0 spiro atoms. The van der Waals surface area contributed by atoms with Gasteiger partial charge in [0, 0.05) is 12.6 Å². The van der Waals surface area contributed by atoms with Gasteiger partial charge < -0.3 is 19.9 Å². The summed E-state index contributed by atoms with van der Waals surface area (Å²) in [7, 11) is 0. The molecular weight excluding hydrogens is 330 g/mol. The fraction of sp³-hybridized carbons (Fsp3) is 0.286. The lowest BCUT2D eigenvalue weighted by Crippen LogP contribution is -2.15. The Morgan fingerprint density at radius 1 is 1.00 bits per heavy atom. The zero-order valence-electron chi connectivity index (χ0n) is 15.2. The summed E-state index contributed by atoms with van der Waals surface area (Å²) in [5.41, 5.74) is 2.42. The minimum atomic E-state index is -0.449. The van der Waals surface area contributed by atoms with Crippen LogP contribution in [-0.2, 0) is 18.5 Å². The molecule has 0 amide bonds. The van der Waals surface area contributed by atoms with Gasteiger partial charge in [-0.15, -0.1) is 0 Å². The number of phenolic OH excluding ortho intramolecular Hbond substituents is 2. The molecule has 1 aromatic heterocycles. The zero-order chi connectivity index (χ0) is 18.9. The third-order valence-corrected chi connectivity index (χ3v) is 4.35. The van der Waals surface area contributed by atoms with Crippen LogP contribution in [0.3, 0.4) is 0 Å². The standard InChI is InChI=1S/C21H23NO4/c1-21(2,3)14-6-4-13(5-7-14)11-22-12-15-10-17(24)19-18(26-15)9-8-16(23)20(19)25/h4-10,22-23,25H,11-12H2,1-3H3. The fourth-order valence-corrected chi connectivity index (χ4v) is 2.81. The number of hydrogen-bond donors (Lipinski definition) is 3. The molecular formula is C21H23NO4. The van der Waals surface area contributed by atoms with Crippen LogP contribution in [0.2, 0.25) is 0 Å². The van der Waals surface area contributed by atoms with Crippen LogP contribution in [0.4, 0.5) is 0 Å². The normalized spacial score (nSPS) is 11.8. The van der Waals surface area contributed by atoms with Crippen LogP contribution < -0.4 is 10.7 Å². The van der Waals surface area contributed by atoms with E-state index in [-0.39, 0.29) is 27.6 Å². The molecule has 0 aliphatic carbocycles. The van der Waals surface area contributed by atoms with Gasteiger partial charge in [-0.1, -0.05) is 45.0 Å². The molecule has 0 bridgehead atoms. The van der Waals surface area contributed by atoms with E-state index >= 15 is 0 Å². The summed E-state index contributed by atoms with van der Waals surface area (Å²) in [5.74, 6) is -0.317. The van der Waals surface area contributed by atoms with Gasteiger partial charge in [-0.3, -0.25) is 4.79 Å². The molecule has 0 saturated heterocycles. The largest absolute Gasteiger partial charge is 0.504 e. The molecule has 0 aliphatic rings. The molecule has 5 heteroatoms. The molecule has 26 heavy (non-hydrogen) atoms. The van der Waals surface area contributed by atoms with Crippen molar-refractivity contribution in [2.45, 2.75) is 39.3 Å². The second-order valence-corrected chi connectivity index (χ2v) is 7.43. The van der Waals surface area contributed by atoms with Crippen molar-refractivity contribution in [3.63, 3.8) is 0 Å². The maximum Gasteiger partial charge on any atom is 0.196 e. The van der Waals surface area contributed by atoms with Crippen LogP contribution in [-0.4, -0.2) is 10.2 Å². The number of rotatable bonds is 4. The van der Waals surface area contributed by atoms with Crippen molar-refractivity contribution in [2.75, 3.05) is 0 Å². The van der Waals surface area contributed by atoms with Gasteiger partial charge in [0.2, 0.25) is 0 Å². The van der Waals surface area contributed by atoms with Gasteiger partial charge in [0.1, 0.15) is 16.7 Å². The molecule has 1 heterocycles. The molecule has 2 aromatic carbocycles. The molecule has 0 unspecified atom stereocenters. The molecule has 136 valence electrons. The van der Waals surface area contributed by atoms with Gasteiger partial charge in [0.25, 0.3) is 0 Å². The van der Waals surface area contributed by atoms with Gasteiger partial charge in [-0.05, 0) is 28.7 Å². The first-order chi connectivity index (χ1) is 12.3. The van der Waals surface area contributed by atoms with Crippen LogP contribution >= 0.6 is 0 Å². The Labute approximate surface area is 151 Å². The highest BCUT2D eigenvalue weighted by atomic mass is 16.3. The summed E-state index contributed by atoms with van der Waals surface area (Å²) in [6.45, 7) is 7.57. The topological polar surface area (TPSA) is 82.7 Å². The van der Waals surface area contributed by atoms with Gasteiger partial charge in [0.05, 0.1) is 6.54 Å². The smallest absolute Gasteiger partial charge is 0.196 e. The average Bonchev–Trinajstić information content (AvgIpc) is 2.58. The highest BCUT2D eigenvalue weighted by molar-refractivity contribution is 5.85. The maximum atomic E-state index is 12.2. The summed E-state index contributed by atoms with van der Waals surface area (Å²) in [5, 5.41) is 22.6. The Hall–Kier alpha value is -2.79. The van der Waals surface area contributed by atoms with E-state index < -0.39 is 5.75 Å². The Bertz CT molecular complexity index is 982. The van der Waals surface area contributed by atoms with E-state index in [4.69, 9.17) is 4.42 Å². The number of benzene rings is 2. The third-order valence-electron chi connectivity index (χ3n) is 4.35. The minimum absolute atomic E-state index is 0.00785. The minimum Gasteiger partial charge on any atom is -0.504 e. The molecule has 0 aliphatic heterocycles. The van der Waals surface area contributed by atoms with Gasteiger partial charge in [-0.25, -0.2) is 0 Å². The summed E-state index contributed by atoms with van der Waals surface area (Å²) in [6.07, 6.45) is 0. The van der Waals surface area contributed by atoms with Crippen LogP contribution in [0.15, 0.2) is 51.7 Å². The van der Waals surface area contributed by atoms with Crippen molar-refractivity contribution in [1.82, 2.24) is 5.32 Å². The van der Waals surface area contributed by atoms with Gasteiger partial charge in [0.15, 0.2) is 16.9 Å². The van der Waals surface area contributed by atoms with Crippen molar-refractivity contribution in [2.24, 2.45) is 0 Å². The lowest BCUT2D eigenvalue weighted by molar-refractivity contribution is 0.406. The van der Waals surface area contributed by atoms with Crippen LogP contribution in [0, 0.1) is 0 Å². The number of aromatic hydroxyl groups is 2. The van der Waals surface area contributed by atoms with Crippen molar-refractivity contribution < 1.29 is 14.6 Å². The summed E-state index contributed by atoms with van der Waals surface area (Å²) >= 11 is 0. The summed E-state index contributed by atoms with van der Waals surface area (Å²) in [6, 6.07) is 12.5. The molecule has 0 saturated carbocycles. The molecule has 3 N–H and O–H groups in total. The number of nitrogens with one attached hydrogen (secondary N) is 1. The highest BCUT2D eigenvalue weighted by Gasteiger charge is 2.13. The maximum absolute atomic E-state index is 12.2. The zero-order valence-corrected chi connectivity index (χ0v) is 15.2. The van der Waals surface area contributed by atoms with Crippen molar-refractivity contribution in [3.8, 4) is 11.5 Å². The molecule has 0 radical (unpaired) electrons. The Morgan fingerprint density at radius 2 is 1.69 bits per heavy atom. The first-order valence-corrected chi connectivity index (χ1v) is 8.53. The Kier molecular flexibility index (Phi) is 4.74. The second kappa shape index (κ2) is 6.84. The van der Waals surface area contributed by atoms with E-state index in [0.29, 0.717) is 18.8 Å². The van der Waals surface area contributed by atoms with Crippen LogP contribution in [0.25, 0.3) is 11.0 Å². The van der Waals surface area contributed by atoms with E-state index in [0.717, 1.165) is 5.56 Å². The monoisotopic (exact) mass is 353 g/mol. The lowest BCUT2D eigenvalue weighted by atomic mass is 9.87. The molecule has 0 atom stereocenters. The van der Waals surface area contributed by atoms with E-state index in [9.17, 15) is 15.0 Å². The quantitative estimate of drug-likeness (QED) is 0.622. The predicted octanol–water partition coefficient (Wildman–Crippen LogP) is 3.79. The van der Waals surface area contributed by atoms with E-state index in [1.807, 2.05) is 0 Å². The SMILES string of the molecule is CC(C)(C)c1ccc(CNCc2cc(=O)c3c(O)c(O)ccc3o2)cc1. The van der Waals surface area contributed by atoms with E-state index in [1.165, 1.54) is 23.8 Å². The van der Waals surface area contributed by atoms with E-state index in [2.05, 4.69) is 50.4 Å². The highest BCUT2D eigenvalue weighted by Crippen LogP contribution is 2.31. The Balaban J connectivity index is 1.70. The third kappa shape index (κ3) is 3.73. The number of phenols is 2. The average molecular weight is 353 g/mol. The van der Waals surface area contributed by atoms with Gasteiger partial charge in [-0.2, -0.15) is 0 Å². The molecule has 3 rings (SSSR count). The number of fused-ring (bicyclic) bond motifs is 1. The van der Waals surface area contributed by atoms with Crippen LogP contribution in [0.5, 0.6) is 11.5 Å². The molecule has 5 nitrogen and oxygen atoms in total. The first-order valence-electron chi connectivity index (χ1n) is 8.53. The second-order valence-electron chi connectivity index (χ2n) is 7.43. The first kappa shape index (κ1) is 18.0. The summed E-state index contributed by atoms with van der Waals surface area (Å²) < 4.78 is 5.65. The van der Waals surface area contributed by atoms with Crippen LogP contribution in [0.1, 0.15) is 37.7 Å². The fourth-order valence-electron chi connectivity index (χ4n) is 2.81. The number of hydrogen-bond acceptors (Lipinski definition) is 5. The van der Waals surface area contributed by atoms with Crippen molar-refractivity contribution in [3.05, 3.63) is 69.6 Å². The lowest BCUT2D eigenvalue weighted by Gasteiger charge is -2.19. The molecule has 3 aromatic rings. The predicted molar refractivity (Wildman–Crippen MR) is 101 cm³/mol. The van der Waals surface area contributed by atoms with Crippen molar-refractivity contribution >= 4 is 11.0 Å². The molecule has 0 fully saturated rings. The van der Waals surface area contributed by atoms with Gasteiger partial charge >= 0.3 is 0 Å². The summed E-state index contributed by atoms with van der Waals surface area (Å²) in [4.78, 5) is 12.2. The van der Waals surface area contributed by atoms with E-state index in [1.54, 1.807) is 0 Å². The van der Waals surface area contributed by atoms with Crippen molar-refractivity contribution in [1.29, 1.82) is 0 Å². The Morgan fingerprint density at radius 3 is 2.35 bits per heavy atom.